The number of halogens is 2. The summed E-state index contributed by atoms with van der Waals surface area (Å²) in [6.45, 7) is 0. The zero-order valence-corrected chi connectivity index (χ0v) is 14.1. The molecule has 1 aromatic heterocycles. The van der Waals surface area contributed by atoms with Gasteiger partial charge in [-0.2, -0.15) is 0 Å². The van der Waals surface area contributed by atoms with Crippen molar-refractivity contribution in [2.45, 2.75) is 25.3 Å². The van der Waals surface area contributed by atoms with E-state index in [1.54, 1.807) is 4.68 Å². The normalized spacial score (nSPS) is 15.9. The number of aromatic nitrogens is 4. The average molecular weight is 416 g/mol. The highest BCUT2D eigenvalue weighted by atomic mass is 79.9. The summed E-state index contributed by atoms with van der Waals surface area (Å²) in [5.74, 6) is 0.109. The zero-order valence-electron chi connectivity index (χ0n) is 10.9. The van der Waals surface area contributed by atoms with E-state index in [1.165, 1.54) is 0 Å². The van der Waals surface area contributed by atoms with E-state index in [0.717, 1.165) is 27.4 Å². The van der Waals surface area contributed by atoms with Crippen molar-refractivity contribution < 1.29 is 9.90 Å². The second kappa shape index (κ2) is 5.84. The van der Waals surface area contributed by atoms with Crippen LogP contribution in [-0.2, 0) is 4.79 Å². The van der Waals surface area contributed by atoms with E-state index in [1.807, 2.05) is 18.2 Å². The summed E-state index contributed by atoms with van der Waals surface area (Å²) in [4.78, 5) is 11.1. The van der Waals surface area contributed by atoms with Gasteiger partial charge in [0.15, 0.2) is 5.82 Å². The van der Waals surface area contributed by atoms with Crippen LogP contribution >= 0.6 is 31.9 Å². The minimum absolute atomic E-state index is 0.0396. The number of carboxylic acids is 1. The summed E-state index contributed by atoms with van der Waals surface area (Å²) in [5, 5.41) is 21.0. The Morgan fingerprint density at radius 1 is 1.33 bits per heavy atom. The predicted molar refractivity (Wildman–Crippen MR) is 82.7 cm³/mol. The van der Waals surface area contributed by atoms with Gasteiger partial charge in [-0.25, -0.2) is 4.68 Å². The van der Waals surface area contributed by atoms with Gasteiger partial charge in [0.2, 0.25) is 0 Å². The van der Waals surface area contributed by atoms with Crippen LogP contribution < -0.4 is 0 Å². The molecule has 0 radical (unpaired) electrons. The molecular formula is C13H12Br2N4O2. The summed E-state index contributed by atoms with van der Waals surface area (Å²) < 4.78 is 3.46. The SMILES string of the molecule is O=C(O)CC(C1CC1)n1nnnc1-c1cc(Br)cc(Br)c1. The van der Waals surface area contributed by atoms with E-state index in [2.05, 4.69) is 47.4 Å². The number of benzene rings is 1. The van der Waals surface area contributed by atoms with Gasteiger partial charge in [-0.1, -0.05) is 31.9 Å². The fourth-order valence-electron chi connectivity index (χ4n) is 2.40. The number of carbonyl (C=O) groups is 1. The zero-order chi connectivity index (χ0) is 15.0. The summed E-state index contributed by atoms with van der Waals surface area (Å²) in [6, 6.07) is 5.56. The number of nitrogens with zero attached hydrogens (tertiary/aromatic N) is 4. The van der Waals surface area contributed by atoms with Crippen LogP contribution in [0.4, 0.5) is 0 Å². The van der Waals surface area contributed by atoms with Crippen molar-refractivity contribution in [2.24, 2.45) is 5.92 Å². The molecule has 2 aromatic rings. The van der Waals surface area contributed by atoms with Gasteiger partial charge in [0.1, 0.15) is 0 Å². The van der Waals surface area contributed by atoms with Crippen molar-refractivity contribution in [1.82, 2.24) is 20.2 Å². The number of carboxylic acid groups (broad SMARTS) is 1. The van der Waals surface area contributed by atoms with Crippen molar-refractivity contribution in [2.75, 3.05) is 0 Å². The monoisotopic (exact) mass is 414 g/mol. The van der Waals surface area contributed by atoms with Crippen LogP contribution in [0.2, 0.25) is 0 Å². The van der Waals surface area contributed by atoms with Crippen LogP contribution in [0.3, 0.4) is 0 Å². The topological polar surface area (TPSA) is 80.9 Å². The van der Waals surface area contributed by atoms with Crippen molar-refractivity contribution in [3.63, 3.8) is 0 Å². The Morgan fingerprint density at radius 3 is 2.57 bits per heavy atom. The minimum atomic E-state index is -0.830. The molecule has 1 aliphatic carbocycles. The Labute approximate surface area is 137 Å². The molecule has 21 heavy (non-hydrogen) atoms. The molecular weight excluding hydrogens is 404 g/mol. The number of rotatable bonds is 5. The van der Waals surface area contributed by atoms with E-state index >= 15 is 0 Å². The first kappa shape index (κ1) is 14.6. The van der Waals surface area contributed by atoms with Crippen LogP contribution in [0.15, 0.2) is 27.1 Å². The van der Waals surface area contributed by atoms with Gasteiger partial charge in [0, 0.05) is 14.5 Å². The lowest BCUT2D eigenvalue weighted by atomic mass is 10.1. The maximum Gasteiger partial charge on any atom is 0.305 e. The highest BCUT2D eigenvalue weighted by Gasteiger charge is 2.36. The molecule has 1 aliphatic rings. The highest BCUT2D eigenvalue weighted by molar-refractivity contribution is 9.11. The van der Waals surface area contributed by atoms with Crippen LogP contribution in [0, 0.1) is 5.92 Å². The molecule has 0 aliphatic heterocycles. The molecule has 0 bridgehead atoms. The largest absolute Gasteiger partial charge is 0.481 e. The molecule has 0 amide bonds. The third-order valence-electron chi connectivity index (χ3n) is 3.48. The first-order valence-electron chi connectivity index (χ1n) is 6.50. The quantitative estimate of drug-likeness (QED) is 0.810. The Kier molecular flexibility index (Phi) is 4.08. The van der Waals surface area contributed by atoms with Crippen molar-refractivity contribution in [3.8, 4) is 11.4 Å². The molecule has 1 unspecified atom stereocenters. The average Bonchev–Trinajstić information content (AvgIpc) is 3.11. The molecule has 1 N–H and O–H groups in total. The summed E-state index contributed by atoms with van der Waals surface area (Å²) in [6.07, 6.45) is 2.09. The molecule has 6 nitrogen and oxygen atoms in total. The highest BCUT2D eigenvalue weighted by Crippen LogP contribution is 2.42. The van der Waals surface area contributed by atoms with Crippen LogP contribution in [0.1, 0.15) is 25.3 Å². The molecule has 0 saturated heterocycles. The molecule has 1 fully saturated rings. The minimum Gasteiger partial charge on any atom is -0.481 e. The van der Waals surface area contributed by atoms with Crippen molar-refractivity contribution in [3.05, 3.63) is 27.1 Å². The molecule has 1 heterocycles. The predicted octanol–water partition coefficient (Wildman–Crippen LogP) is 3.29. The molecule has 1 saturated carbocycles. The van der Waals surface area contributed by atoms with Crippen LogP contribution in [-0.4, -0.2) is 31.3 Å². The summed E-state index contributed by atoms with van der Waals surface area (Å²) >= 11 is 6.88. The van der Waals surface area contributed by atoms with Gasteiger partial charge >= 0.3 is 5.97 Å². The lowest BCUT2D eigenvalue weighted by molar-refractivity contribution is -0.138. The smallest absolute Gasteiger partial charge is 0.305 e. The number of aliphatic carboxylic acids is 1. The second-order valence-corrected chi connectivity index (χ2v) is 6.94. The first-order valence-corrected chi connectivity index (χ1v) is 8.09. The fraction of sp³-hybridized carbons (Fsp3) is 0.385. The third kappa shape index (κ3) is 3.32. The molecule has 110 valence electrons. The molecule has 0 spiro atoms. The molecule has 3 rings (SSSR count). The second-order valence-electron chi connectivity index (χ2n) is 5.11. The number of hydrogen-bond acceptors (Lipinski definition) is 4. The fourth-order valence-corrected chi connectivity index (χ4v) is 3.70. The molecule has 1 atom stereocenters. The van der Waals surface area contributed by atoms with E-state index < -0.39 is 5.97 Å². The number of hydrogen-bond donors (Lipinski definition) is 1. The van der Waals surface area contributed by atoms with Crippen LogP contribution in [0.25, 0.3) is 11.4 Å². The van der Waals surface area contributed by atoms with Gasteiger partial charge in [0.25, 0.3) is 0 Å². The maximum absolute atomic E-state index is 11.1. The standard InChI is InChI=1S/C13H12Br2N4O2/c14-9-3-8(4-10(15)5-9)13-16-17-18-19(13)11(6-12(20)21)7-1-2-7/h3-5,7,11H,1-2,6H2,(H,20,21). The Morgan fingerprint density at radius 2 is 2.00 bits per heavy atom. The van der Waals surface area contributed by atoms with Gasteiger partial charge < -0.3 is 5.11 Å². The van der Waals surface area contributed by atoms with Gasteiger partial charge in [-0.05, 0) is 47.4 Å². The first-order chi connectivity index (χ1) is 10.0. The van der Waals surface area contributed by atoms with Gasteiger partial charge in [0.05, 0.1) is 12.5 Å². The number of tetrazole rings is 1. The van der Waals surface area contributed by atoms with Crippen molar-refractivity contribution >= 4 is 37.8 Å². The lowest BCUT2D eigenvalue weighted by Gasteiger charge is -2.16. The van der Waals surface area contributed by atoms with E-state index in [9.17, 15) is 4.79 Å². The maximum atomic E-state index is 11.1. The summed E-state index contributed by atoms with van der Waals surface area (Å²) in [5.41, 5.74) is 0.845. The van der Waals surface area contributed by atoms with Crippen molar-refractivity contribution in [1.29, 1.82) is 0 Å². The van der Waals surface area contributed by atoms with E-state index in [0.29, 0.717) is 11.7 Å². The Hall–Kier alpha value is -1.28. The van der Waals surface area contributed by atoms with Gasteiger partial charge in [-0.15, -0.1) is 5.10 Å². The molecule has 1 aromatic carbocycles. The van der Waals surface area contributed by atoms with E-state index in [-0.39, 0.29) is 12.5 Å². The lowest BCUT2D eigenvalue weighted by Crippen LogP contribution is -2.18. The Balaban J connectivity index is 2.01. The third-order valence-corrected chi connectivity index (χ3v) is 4.39. The molecule has 8 heteroatoms. The van der Waals surface area contributed by atoms with E-state index in [4.69, 9.17) is 5.11 Å². The Bertz CT molecular complexity index is 664. The van der Waals surface area contributed by atoms with Crippen LogP contribution in [0.5, 0.6) is 0 Å². The van der Waals surface area contributed by atoms with Gasteiger partial charge in [-0.3, -0.25) is 4.79 Å². The summed E-state index contributed by atoms with van der Waals surface area (Å²) in [7, 11) is 0.